The summed E-state index contributed by atoms with van der Waals surface area (Å²) in [6, 6.07) is 5.89. The zero-order valence-electron chi connectivity index (χ0n) is 11.2. The number of rotatable bonds is 5. The molecule has 0 aliphatic heterocycles. The van der Waals surface area contributed by atoms with Crippen molar-refractivity contribution >= 4 is 17.6 Å². The molecule has 0 saturated heterocycles. The third kappa shape index (κ3) is 3.22. The maximum atomic E-state index is 13.8. The summed E-state index contributed by atoms with van der Waals surface area (Å²) in [6.45, 7) is 1.55. The Balaban J connectivity index is 2.26. The molecule has 1 aromatic carbocycles. The molecular formula is C13H13FN4O3. The van der Waals surface area contributed by atoms with Gasteiger partial charge < -0.3 is 10.0 Å². The van der Waals surface area contributed by atoms with Gasteiger partial charge in [-0.1, -0.05) is 17.3 Å². The van der Waals surface area contributed by atoms with Crippen LogP contribution in [-0.2, 0) is 11.3 Å². The summed E-state index contributed by atoms with van der Waals surface area (Å²) in [5.74, 6) is -2.16. The van der Waals surface area contributed by atoms with E-state index in [1.807, 2.05) is 0 Å². The molecule has 1 aromatic heterocycles. The summed E-state index contributed by atoms with van der Waals surface area (Å²) in [5.41, 5.74) is 0.0964. The predicted octanol–water partition coefficient (Wildman–Crippen LogP) is 1.17. The van der Waals surface area contributed by atoms with Gasteiger partial charge in [-0.15, -0.1) is 5.10 Å². The molecule has 110 valence electrons. The third-order valence-corrected chi connectivity index (χ3v) is 2.76. The fourth-order valence-electron chi connectivity index (χ4n) is 1.84. The second-order valence-electron chi connectivity index (χ2n) is 4.20. The molecule has 7 nitrogen and oxygen atoms in total. The average molecular weight is 292 g/mol. The van der Waals surface area contributed by atoms with Crippen LogP contribution in [0, 0.1) is 5.82 Å². The normalized spacial score (nSPS) is 10.4. The average Bonchev–Trinajstić information content (AvgIpc) is 2.89. The lowest BCUT2D eigenvalue weighted by atomic mass is 10.2. The molecule has 0 saturated carbocycles. The second kappa shape index (κ2) is 6.12. The van der Waals surface area contributed by atoms with Crippen molar-refractivity contribution in [3.63, 3.8) is 0 Å². The molecule has 0 radical (unpaired) electrons. The maximum Gasteiger partial charge on any atom is 0.325 e. The Labute approximate surface area is 119 Å². The first-order valence-electron chi connectivity index (χ1n) is 6.21. The fourth-order valence-corrected chi connectivity index (χ4v) is 1.84. The summed E-state index contributed by atoms with van der Waals surface area (Å²) < 4.78 is 14.8. The molecule has 1 heterocycles. The Kier molecular flexibility index (Phi) is 4.27. The van der Waals surface area contributed by atoms with E-state index in [1.54, 1.807) is 13.0 Å². The first-order chi connectivity index (χ1) is 10.0. The SMILES string of the molecule is CCN(C(=O)c1cn(CC(=O)O)nn1)c1ccccc1F. The van der Waals surface area contributed by atoms with Crippen LogP contribution in [0.1, 0.15) is 17.4 Å². The van der Waals surface area contributed by atoms with Crippen LogP contribution in [0.4, 0.5) is 10.1 Å². The highest BCUT2D eigenvalue weighted by Crippen LogP contribution is 2.20. The zero-order valence-corrected chi connectivity index (χ0v) is 11.2. The quantitative estimate of drug-likeness (QED) is 0.893. The number of hydrogen-bond donors (Lipinski definition) is 1. The van der Waals surface area contributed by atoms with Gasteiger partial charge in [0.2, 0.25) is 0 Å². The number of halogens is 1. The molecule has 1 N–H and O–H groups in total. The van der Waals surface area contributed by atoms with E-state index in [-0.39, 0.29) is 17.9 Å². The lowest BCUT2D eigenvalue weighted by Gasteiger charge is -2.20. The predicted molar refractivity (Wildman–Crippen MR) is 71.4 cm³/mol. The topological polar surface area (TPSA) is 88.3 Å². The van der Waals surface area contributed by atoms with E-state index in [0.29, 0.717) is 0 Å². The number of benzene rings is 1. The fraction of sp³-hybridized carbons (Fsp3) is 0.231. The van der Waals surface area contributed by atoms with Crippen molar-refractivity contribution in [1.29, 1.82) is 0 Å². The van der Waals surface area contributed by atoms with Crippen LogP contribution in [0.5, 0.6) is 0 Å². The maximum absolute atomic E-state index is 13.8. The first-order valence-corrected chi connectivity index (χ1v) is 6.21. The molecule has 2 aromatic rings. The number of carboxylic acid groups (broad SMARTS) is 1. The van der Waals surface area contributed by atoms with Crippen LogP contribution in [0.25, 0.3) is 0 Å². The smallest absolute Gasteiger partial charge is 0.325 e. The first kappa shape index (κ1) is 14.6. The zero-order chi connectivity index (χ0) is 15.4. The molecule has 2 rings (SSSR count). The minimum Gasteiger partial charge on any atom is -0.480 e. The van der Waals surface area contributed by atoms with Gasteiger partial charge in [-0.3, -0.25) is 9.59 Å². The number of nitrogens with zero attached hydrogens (tertiary/aromatic N) is 4. The van der Waals surface area contributed by atoms with Crippen LogP contribution in [0.3, 0.4) is 0 Å². The summed E-state index contributed by atoms with van der Waals surface area (Å²) in [6.07, 6.45) is 1.22. The van der Waals surface area contributed by atoms with Crippen molar-refractivity contribution in [3.8, 4) is 0 Å². The van der Waals surface area contributed by atoms with Gasteiger partial charge in [0.25, 0.3) is 5.91 Å². The molecule has 1 amide bonds. The number of aliphatic carboxylic acids is 1. The monoisotopic (exact) mass is 292 g/mol. The van der Waals surface area contributed by atoms with E-state index in [4.69, 9.17) is 5.11 Å². The Bertz CT molecular complexity index is 671. The molecule has 0 spiro atoms. The number of anilines is 1. The minimum atomic E-state index is -1.10. The van der Waals surface area contributed by atoms with Crippen molar-refractivity contribution in [3.05, 3.63) is 42.0 Å². The van der Waals surface area contributed by atoms with Crippen molar-refractivity contribution < 1.29 is 19.1 Å². The summed E-state index contributed by atoms with van der Waals surface area (Å²) >= 11 is 0. The molecule has 0 bridgehead atoms. The second-order valence-corrected chi connectivity index (χ2v) is 4.20. The lowest BCUT2D eigenvalue weighted by Crippen LogP contribution is -2.31. The number of amides is 1. The summed E-state index contributed by atoms with van der Waals surface area (Å²) in [7, 11) is 0. The Morgan fingerprint density at radius 3 is 2.71 bits per heavy atom. The third-order valence-electron chi connectivity index (χ3n) is 2.76. The van der Waals surface area contributed by atoms with Crippen LogP contribution in [0.2, 0.25) is 0 Å². The molecular weight excluding hydrogens is 279 g/mol. The van der Waals surface area contributed by atoms with Gasteiger partial charge in [0.05, 0.1) is 11.9 Å². The summed E-state index contributed by atoms with van der Waals surface area (Å²) in [5, 5.41) is 15.8. The molecule has 8 heteroatoms. The van der Waals surface area contributed by atoms with Gasteiger partial charge in [-0.2, -0.15) is 0 Å². The Morgan fingerprint density at radius 1 is 1.38 bits per heavy atom. The van der Waals surface area contributed by atoms with Crippen LogP contribution >= 0.6 is 0 Å². The molecule has 0 aliphatic carbocycles. The van der Waals surface area contributed by atoms with Crippen LogP contribution in [0.15, 0.2) is 30.5 Å². The highest BCUT2D eigenvalue weighted by molar-refractivity contribution is 6.04. The van der Waals surface area contributed by atoms with E-state index in [2.05, 4.69) is 10.3 Å². The van der Waals surface area contributed by atoms with E-state index >= 15 is 0 Å². The van der Waals surface area contributed by atoms with Crippen LogP contribution in [-0.4, -0.2) is 38.5 Å². The number of carbonyl (C=O) groups is 2. The largest absolute Gasteiger partial charge is 0.480 e. The van der Waals surface area contributed by atoms with E-state index < -0.39 is 24.2 Å². The standard InChI is InChI=1S/C13H13FN4O3/c1-2-18(11-6-4-3-5-9(11)14)13(21)10-7-17(16-15-10)8-12(19)20/h3-7H,2,8H2,1H3,(H,19,20). The van der Waals surface area contributed by atoms with Gasteiger partial charge in [0.15, 0.2) is 5.69 Å². The number of carbonyl (C=O) groups excluding carboxylic acids is 1. The van der Waals surface area contributed by atoms with Gasteiger partial charge in [-0.05, 0) is 19.1 Å². The van der Waals surface area contributed by atoms with Crippen molar-refractivity contribution in [2.45, 2.75) is 13.5 Å². The highest BCUT2D eigenvalue weighted by Gasteiger charge is 2.21. The van der Waals surface area contributed by atoms with Gasteiger partial charge in [0, 0.05) is 6.54 Å². The Hall–Kier alpha value is -2.77. The molecule has 0 fully saturated rings. The van der Waals surface area contributed by atoms with Crippen LogP contribution < -0.4 is 4.90 Å². The summed E-state index contributed by atoms with van der Waals surface area (Å²) in [4.78, 5) is 24.1. The van der Waals surface area contributed by atoms with Crippen molar-refractivity contribution in [2.75, 3.05) is 11.4 Å². The lowest BCUT2D eigenvalue weighted by molar-refractivity contribution is -0.137. The number of para-hydroxylation sites is 1. The van der Waals surface area contributed by atoms with Crippen molar-refractivity contribution in [1.82, 2.24) is 15.0 Å². The Morgan fingerprint density at radius 2 is 2.10 bits per heavy atom. The molecule has 0 aliphatic rings. The number of carboxylic acids is 1. The molecule has 0 atom stereocenters. The van der Waals surface area contributed by atoms with E-state index in [0.717, 1.165) is 4.68 Å². The van der Waals surface area contributed by atoms with Gasteiger partial charge >= 0.3 is 5.97 Å². The number of aromatic nitrogens is 3. The number of hydrogen-bond acceptors (Lipinski definition) is 4. The van der Waals surface area contributed by atoms with E-state index in [1.165, 1.54) is 29.3 Å². The van der Waals surface area contributed by atoms with Gasteiger partial charge in [-0.25, -0.2) is 9.07 Å². The van der Waals surface area contributed by atoms with E-state index in [9.17, 15) is 14.0 Å². The molecule has 0 unspecified atom stereocenters. The highest BCUT2D eigenvalue weighted by atomic mass is 19.1. The van der Waals surface area contributed by atoms with Gasteiger partial charge in [0.1, 0.15) is 12.4 Å². The minimum absolute atomic E-state index is 0.0404. The van der Waals surface area contributed by atoms with Crippen molar-refractivity contribution in [2.24, 2.45) is 0 Å². The molecule has 21 heavy (non-hydrogen) atoms.